The van der Waals surface area contributed by atoms with Crippen LogP contribution in [0.15, 0.2) is 0 Å². The molecule has 120 valence electrons. The molecule has 6 nitrogen and oxygen atoms in total. The Hall–Kier alpha value is -0.920. The highest BCUT2D eigenvalue weighted by Crippen LogP contribution is 2.26. The quantitative estimate of drug-likeness (QED) is 0.810. The van der Waals surface area contributed by atoms with Gasteiger partial charge < -0.3 is 19.7 Å². The first kappa shape index (κ1) is 16.5. The van der Waals surface area contributed by atoms with Crippen LogP contribution in [0, 0.1) is 0 Å². The Balaban J connectivity index is 1.77. The van der Waals surface area contributed by atoms with Crippen LogP contribution in [0.25, 0.3) is 0 Å². The number of nitrogens with one attached hydrogen (secondary N) is 1. The molecule has 2 rings (SSSR count). The van der Waals surface area contributed by atoms with Gasteiger partial charge >= 0.3 is 0 Å². The summed E-state index contributed by atoms with van der Waals surface area (Å²) in [6.45, 7) is 11.5. The van der Waals surface area contributed by atoms with Gasteiger partial charge in [-0.15, -0.1) is 4.37 Å². The highest BCUT2D eigenvalue weighted by atomic mass is 32.1. The third kappa shape index (κ3) is 5.76. The summed E-state index contributed by atoms with van der Waals surface area (Å²) in [6, 6.07) is 0. The summed E-state index contributed by atoms with van der Waals surface area (Å²) in [5.41, 5.74) is 0.152. The van der Waals surface area contributed by atoms with Gasteiger partial charge in [0, 0.05) is 25.2 Å². The molecule has 1 fully saturated rings. The summed E-state index contributed by atoms with van der Waals surface area (Å²) >= 11 is 1.21. The smallest absolute Gasteiger partial charge is 0.270 e. The van der Waals surface area contributed by atoms with Crippen LogP contribution in [-0.2, 0) is 4.74 Å². The lowest BCUT2D eigenvalue weighted by Gasteiger charge is -2.21. The van der Waals surface area contributed by atoms with Gasteiger partial charge in [0.2, 0.25) is 5.82 Å². The number of ether oxygens (including phenoxy) is 2. The van der Waals surface area contributed by atoms with Crippen molar-refractivity contribution in [1.82, 2.24) is 14.1 Å². The van der Waals surface area contributed by atoms with Crippen molar-refractivity contribution < 1.29 is 9.47 Å². The van der Waals surface area contributed by atoms with Crippen LogP contribution >= 0.6 is 11.7 Å². The monoisotopic (exact) mass is 314 g/mol. The van der Waals surface area contributed by atoms with Crippen molar-refractivity contribution in [2.75, 3.05) is 44.4 Å². The van der Waals surface area contributed by atoms with Crippen molar-refractivity contribution >= 4 is 17.5 Å². The van der Waals surface area contributed by atoms with E-state index in [1.54, 1.807) is 0 Å². The maximum Gasteiger partial charge on any atom is 0.270 e. The molecule has 0 amide bonds. The van der Waals surface area contributed by atoms with Crippen molar-refractivity contribution in [2.45, 2.75) is 39.2 Å². The molecule has 1 aliphatic heterocycles. The summed E-state index contributed by atoms with van der Waals surface area (Å²) in [4.78, 5) is 2.21. The molecule has 1 aromatic rings. The number of rotatable bonds is 6. The van der Waals surface area contributed by atoms with Gasteiger partial charge in [0.05, 0.1) is 24.9 Å². The first-order chi connectivity index (χ1) is 10.1. The van der Waals surface area contributed by atoms with Crippen LogP contribution in [0.4, 0.5) is 5.82 Å². The molecule has 7 heteroatoms. The van der Waals surface area contributed by atoms with Gasteiger partial charge in [-0.05, 0) is 40.2 Å². The summed E-state index contributed by atoms with van der Waals surface area (Å²) in [6.07, 6.45) is 1.98. The van der Waals surface area contributed by atoms with E-state index in [4.69, 9.17) is 9.47 Å². The maximum absolute atomic E-state index is 5.80. The van der Waals surface area contributed by atoms with Crippen LogP contribution in [0.1, 0.15) is 33.6 Å². The minimum Gasteiger partial charge on any atom is -0.474 e. The van der Waals surface area contributed by atoms with E-state index in [2.05, 4.69) is 39.7 Å². The molecule has 0 atom stereocenters. The summed E-state index contributed by atoms with van der Waals surface area (Å²) in [5, 5.41) is 3.45. The van der Waals surface area contributed by atoms with Gasteiger partial charge in [0.15, 0.2) is 0 Å². The first-order valence-electron chi connectivity index (χ1n) is 7.59. The Bertz CT molecular complexity index is 411. The van der Waals surface area contributed by atoms with Crippen LogP contribution in [0.2, 0.25) is 0 Å². The predicted molar refractivity (Wildman–Crippen MR) is 85.4 cm³/mol. The lowest BCUT2D eigenvalue weighted by molar-refractivity contribution is 0.152. The molecular formula is C14H26N4O2S. The molecule has 2 heterocycles. The second-order valence-corrected chi connectivity index (χ2v) is 6.75. The fourth-order valence-corrected chi connectivity index (χ4v) is 2.64. The fourth-order valence-electron chi connectivity index (χ4n) is 2.12. The van der Waals surface area contributed by atoms with Gasteiger partial charge in [0.1, 0.15) is 0 Å². The Morgan fingerprint density at radius 1 is 1.29 bits per heavy atom. The largest absolute Gasteiger partial charge is 0.474 e. The minimum absolute atomic E-state index is 0.152. The zero-order chi connectivity index (χ0) is 15.1. The van der Waals surface area contributed by atoms with Gasteiger partial charge in [-0.25, -0.2) is 0 Å². The van der Waals surface area contributed by atoms with Crippen LogP contribution in [0.3, 0.4) is 0 Å². The third-order valence-corrected chi connectivity index (χ3v) is 3.68. The summed E-state index contributed by atoms with van der Waals surface area (Å²) in [7, 11) is 0. The number of anilines is 1. The Morgan fingerprint density at radius 2 is 2.14 bits per heavy atom. The van der Waals surface area contributed by atoms with Crippen LogP contribution < -0.4 is 15.0 Å². The van der Waals surface area contributed by atoms with Crippen molar-refractivity contribution in [3.63, 3.8) is 0 Å². The van der Waals surface area contributed by atoms with E-state index in [-0.39, 0.29) is 5.54 Å². The Labute approximate surface area is 131 Å². The molecule has 0 bridgehead atoms. The van der Waals surface area contributed by atoms with E-state index in [0.717, 1.165) is 51.5 Å². The van der Waals surface area contributed by atoms with Crippen LogP contribution in [0.5, 0.6) is 5.88 Å². The summed E-state index contributed by atoms with van der Waals surface area (Å²) in [5.74, 6) is 1.53. The maximum atomic E-state index is 5.80. The zero-order valence-electron chi connectivity index (χ0n) is 13.2. The second kappa shape index (κ2) is 7.91. The number of hydrogen-bond acceptors (Lipinski definition) is 7. The molecule has 21 heavy (non-hydrogen) atoms. The average Bonchev–Trinajstić information content (AvgIpc) is 2.71. The van der Waals surface area contributed by atoms with Crippen molar-refractivity contribution in [2.24, 2.45) is 0 Å². The highest BCUT2D eigenvalue weighted by Gasteiger charge is 2.18. The Kier molecular flexibility index (Phi) is 6.20. The molecule has 1 aromatic heterocycles. The van der Waals surface area contributed by atoms with E-state index in [1.165, 1.54) is 11.7 Å². The molecule has 1 aliphatic rings. The standard InChI is InChI=1S/C14H26N4O2S/c1-14(2,3)15-6-4-10-20-13-12(16-21-17-13)18-7-5-9-19-11-8-18/h15H,4-11H2,1-3H3. The topological polar surface area (TPSA) is 59.5 Å². The molecular weight excluding hydrogens is 288 g/mol. The van der Waals surface area contributed by atoms with Crippen molar-refractivity contribution in [3.8, 4) is 5.88 Å². The molecule has 0 spiro atoms. The minimum atomic E-state index is 0.152. The molecule has 0 aliphatic carbocycles. The number of hydrogen-bond donors (Lipinski definition) is 1. The lowest BCUT2D eigenvalue weighted by atomic mass is 10.1. The van der Waals surface area contributed by atoms with Crippen molar-refractivity contribution in [1.29, 1.82) is 0 Å². The molecule has 0 aromatic carbocycles. The lowest BCUT2D eigenvalue weighted by Crippen LogP contribution is -2.36. The second-order valence-electron chi connectivity index (χ2n) is 6.22. The van der Waals surface area contributed by atoms with Crippen LogP contribution in [-0.4, -0.2) is 53.7 Å². The fraction of sp³-hybridized carbons (Fsp3) is 0.857. The number of nitrogens with zero attached hydrogens (tertiary/aromatic N) is 3. The summed E-state index contributed by atoms with van der Waals surface area (Å²) < 4.78 is 19.9. The molecule has 1 saturated heterocycles. The normalized spacial score (nSPS) is 16.8. The molecule has 0 radical (unpaired) electrons. The Morgan fingerprint density at radius 3 is 2.95 bits per heavy atom. The van der Waals surface area contributed by atoms with Gasteiger partial charge in [-0.1, -0.05) is 0 Å². The SMILES string of the molecule is CC(C)(C)NCCCOc1nsnc1N1CCCOCC1. The van der Waals surface area contributed by atoms with Gasteiger partial charge in [0.25, 0.3) is 5.88 Å². The molecule has 0 saturated carbocycles. The zero-order valence-corrected chi connectivity index (χ0v) is 14.0. The molecule has 0 unspecified atom stereocenters. The van der Waals surface area contributed by atoms with E-state index in [9.17, 15) is 0 Å². The van der Waals surface area contributed by atoms with Gasteiger partial charge in [-0.2, -0.15) is 4.37 Å². The van der Waals surface area contributed by atoms with E-state index in [0.29, 0.717) is 12.5 Å². The highest BCUT2D eigenvalue weighted by molar-refractivity contribution is 6.99. The van der Waals surface area contributed by atoms with E-state index < -0.39 is 0 Å². The first-order valence-corrected chi connectivity index (χ1v) is 8.32. The average molecular weight is 314 g/mol. The number of aromatic nitrogens is 2. The van der Waals surface area contributed by atoms with E-state index >= 15 is 0 Å². The molecule has 1 N–H and O–H groups in total. The predicted octanol–water partition coefficient (Wildman–Crippen LogP) is 1.92. The van der Waals surface area contributed by atoms with Crippen molar-refractivity contribution in [3.05, 3.63) is 0 Å². The third-order valence-electron chi connectivity index (χ3n) is 3.18. The van der Waals surface area contributed by atoms with Gasteiger partial charge in [-0.3, -0.25) is 0 Å². The van der Waals surface area contributed by atoms with E-state index in [1.807, 2.05) is 0 Å².